The number of anilines is 2. The number of rotatable bonds is 5. The first-order chi connectivity index (χ1) is 12.5. The van der Waals surface area contributed by atoms with Crippen molar-refractivity contribution in [3.63, 3.8) is 0 Å². The quantitative estimate of drug-likeness (QED) is 0.819. The molecule has 2 amide bonds. The van der Waals surface area contributed by atoms with Gasteiger partial charge in [-0.2, -0.15) is 0 Å². The van der Waals surface area contributed by atoms with Crippen LogP contribution in [-0.2, 0) is 15.0 Å². The minimum atomic E-state index is -0.439. The third kappa shape index (κ3) is 3.79. The molecule has 136 valence electrons. The first-order valence-corrected chi connectivity index (χ1v) is 9.29. The van der Waals surface area contributed by atoms with Gasteiger partial charge in [-0.3, -0.25) is 9.59 Å². The fraction of sp³-hybridized carbons (Fsp3) is 0.364. The highest BCUT2D eigenvalue weighted by atomic mass is 16.2. The average molecular weight is 350 g/mol. The van der Waals surface area contributed by atoms with Crippen molar-refractivity contribution in [1.82, 2.24) is 0 Å². The standard InChI is InChI=1S/C22H26N2O2/c1-16(2)20(25)23-18-10-12-19(13-11-18)24-21(26)22(14-6-7-15-22)17-8-4-3-5-9-17/h3-5,8-13,16H,6-7,14-15H2,1-2H3,(H,23,25)(H,24,26). The number of hydrogen-bond donors (Lipinski definition) is 2. The van der Waals surface area contributed by atoms with Crippen molar-refractivity contribution < 1.29 is 9.59 Å². The summed E-state index contributed by atoms with van der Waals surface area (Å²) >= 11 is 0. The van der Waals surface area contributed by atoms with E-state index in [1.54, 1.807) is 0 Å². The Bertz CT molecular complexity index is 760. The van der Waals surface area contributed by atoms with E-state index in [2.05, 4.69) is 22.8 Å². The van der Waals surface area contributed by atoms with E-state index in [0.29, 0.717) is 0 Å². The summed E-state index contributed by atoms with van der Waals surface area (Å²) in [4.78, 5) is 24.9. The molecule has 0 bridgehead atoms. The molecule has 1 saturated carbocycles. The zero-order valence-corrected chi connectivity index (χ0v) is 15.4. The van der Waals surface area contributed by atoms with Gasteiger partial charge in [0.1, 0.15) is 0 Å². The fourth-order valence-corrected chi connectivity index (χ4v) is 3.56. The minimum Gasteiger partial charge on any atom is -0.326 e. The van der Waals surface area contributed by atoms with Crippen molar-refractivity contribution in [3.8, 4) is 0 Å². The maximum absolute atomic E-state index is 13.1. The zero-order chi connectivity index (χ0) is 18.6. The Morgan fingerprint density at radius 2 is 1.38 bits per heavy atom. The lowest BCUT2D eigenvalue weighted by molar-refractivity contribution is -0.121. The molecule has 0 heterocycles. The van der Waals surface area contributed by atoms with Crippen molar-refractivity contribution in [2.75, 3.05) is 10.6 Å². The van der Waals surface area contributed by atoms with Crippen LogP contribution in [0.5, 0.6) is 0 Å². The van der Waals surface area contributed by atoms with Crippen LogP contribution in [0.15, 0.2) is 54.6 Å². The maximum atomic E-state index is 13.1. The van der Waals surface area contributed by atoms with E-state index in [4.69, 9.17) is 0 Å². The molecule has 0 atom stereocenters. The van der Waals surface area contributed by atoms with Gasteiger partial charge in [0.25, 0.3) is 0 Å². The van der Waals surface area contributed by atoms with Gasteiger partial charge in [0, 0.05) is 17.3 Å². The number of carbonyl (C=O) groups is 2. The Morgan fingerprint density at radius 1 is 0.846 bits per heavy atom. The van der Waals surface area contributed by atoms with Gasteiger partial charge < -0.3 is 10.6 Å². The topological polar surface area (TPSA) is 58.2 Å². The van der Waals surface area contributed by atoms with Crippen LogP contribution < -0.4 is 10.6 Å². The summed E-state index contributed by atoms with van der Waals surface area (Å²) in [5, 5.41) is 5.93. The molecule has 2 N–H and O–H groups in total. The SMILES string of the molecule is CC(C)C(=O)Nc1ccc(NC(=O)C2(c3ccccc3)CCCC2)cc1. The van der Waals surface area contributed by atoms with Crippen LogP contribution in [0.3, 0.4) is 0 Å². The van der Waals surface area contributed by atoms with Gasteiger partial charge in [-0.1, -0.05) is 57.0 Å². The van der Waals surface area contributed by atoms with Gasteiger partial charge in [0.2, 0.25) is 11.8 Å². The van der Waals surface area contributed by atoms with E-state index in [-0.39, 0.29) is 17.7 Å². The third-order valence-electron chi connectivity index (χ3n) is 5.15. The molecule has 2 aromatic carbocycles. The highest BCUT2D eigenvalue weighted by molar-refractivity contribution is 5.99. The van der Waals surface area contributed by atoms with E-state index in [9.17, 15) is 9.59 Å². The van der Waals surface area contributed by atoms with E-state index >= 15 is 0 Å². The molecule has 2 aromatic rings. The van der Waals surface area contributed by atoms with Crippen LogP contribution in [0.25, 0.3) is 0 Å². The lowest BCUT2D eigenvalue weighted by Crippen LogP contribution is -2.37. The van der Waals surface area contributed by atoms with Gasteiger partial charge >= 0.3 is 0 Å². The maximum Gasteiger partial charge on any atom is 0.235 e. The van der Waals surface area contributed by atoms with Gasteiger partial charge in [0.05, 0.1) is 5.41 Å². The zero-order valence-electron chi connectivity index (χ0n) is 15.4. The molecule has 1 aliphatic carbocycles. The molecule has 0 radical (unpaired) electrons. The lowest BCUT2D eigenvalue weighted by atomic mass is 9.78. The highest BCUT2D eigenvalue weighted by Gasteiger charge is 2.42. The predicted octanol–water partition coefficient (Wildman–Crippen LogP) is 4.73. The Kier molecular flexibility index (Phi) is 5.40. The average Bonchev–Trinajstić information content (AvgIpc) is 3.15. The molecule has 1 fully saturated rings. The first kappa shape index (κ1) is 18.2. The summed E-state index contributed by atoms with van der Waals surface area (Å²) in [6.07, 6.45) is 3.90. The molecule has 4 heteroatoms. The van der Waals surface area contributed by atoms with Crippen molar-refractivity contribution in [2.24, 2.45) is 5.92 Å². The second kappa shape index (κ2) is 7.73. The smallest absolute Gasteiger partial charge is 0.235 e. The molecular weight excluding hydrogens is 324 g/mol. The minimum absolute atomic E-state index is 0.0178. The van der Waals surface area contributed by atoms with Gasteiger partial charge in [-0.05, 0) is 42.7 Å². The van der Waals surface area contributed by atoms with Gasteiger partial charge in [-0.15, -0.1) is 0 Å². The monoisotopic (exact) mass is 350 g/mol. The summed E-state index contributed by atoms with van der Waals surface area (Å²) in [5.74, 6) is -0.0292. The molecule has 3 rings (SSSR count). The van der Waals surface area contributed by atoms with Gasteiger partial charge in [0.15, 0.2) is 0 Å². The molecule has 0 spiro atoms. The van der Waals surface area contributed by atoms with Crippen molar-refractivity contribution >= 4 is 23.2 Å². The van der Waals surface area contributed by atoms with E-state index in [0.717, 1.165) is 42.6 Å². The van der Waals surface area contributed by atoms with Crippen LogP contribution in [0.2, 0.25) is 0 Å². The third-order valence-corrected chi connectivity index (χ3v) is 5.15. The number of benzene rings is 2. The Labute approximate surface area is 155 Å². The normalized spacial score (nSPS) is 15.7. The Morgan fingerprint density at radius 3 is 1.92 bits per heavy atom. The largest absolute Gasteiger partial charge is 0.326 e. The molecule has 0 unspecified atom stereocenters. The van der Waals surface area contributed by atoms with E-state index < -0.39 is 5.41 Å². The molecule has 1 aliphatic rings. The van der Waals surface area contributed by atoms with Crippen molar-refractivity contribution in [2.45, 2.75) is 44.9 Å². The summed E-state index contributed by atoms with van der Waals surface area (Å²) in [6.45, 7) is 3.71. The molecule has 26 heavy (non-hydrogen) atoms. The van der Waals surface area contributed by atoms with Crippen LogP contribution in [0.1, 0.15) is 45.1 Å². The van der Waals surface area contributed by atoms with Crippen molar-refractivity contribution in [1.29, 1.82) is 0 Å². The van der Waals surface area contributed by atoms with Crippen LogP contribution in [0, 0.1) is 5.92 Å². The summed E-state index contributed by atoms with van der Waals surface area (Å²) in [5.41, 5.74) is 2.14. The van der Waals surface area contributed by atoms with E-state index in [1.807, 2.05) is 56.3 Å². The van der Waals surface area contributed by atoms with Gasteiger partial charge in [-0.25, -0.2) is 0 Å². The first-order valence-electron chi connectivity index (χ1n) is 9.29. The lowest BCUT2D eigenvalue weighted by Gasteiger charge is -2.28. The number of nitrogens with one attached hydrogen (secondary N) is 2. The highest BCUT2D eigenvalue weighted by Crippen LogP contribution is 2.42. The second-order valence-corrected chi connectivity index (χ2v) is 7.33. The van der Waals surface area contributed by atoms with Crippen LogP contribution >= 0.6 is 0 Å². The Balaban J connectivity index is 1.73. The van der Waals surface area contributed by atoms with Crippen LogP contribution in [0.4, 0.5) is 11.4 Å². The molecular formula is C22H26N2O2. The molecule has 0 saturated heterocycles. The summed E-state index contributed by atoms with van der Waals surface area (Å²) < 4.78 is 0. The summed E-state index contributed by atoms with van der Waals surface area (Å²) in [6, 6.07) is 17.4. The number of amides is 2. The fourth-order valence-electron chi connectivity index (χ4n) is 3.56. The predicted molar refractivity (Wildman–Crippen MR) is 105 cm³/mol. The summed E-state index contributed by atoms with van der Waals surface area (Å²) in [7, 11) is 0. The molecule has 0 aromatic heterocycles. The second-order valence-electron chi connectivity index (χ2n) is 7.33. The molecule has 0 aliphatic heterocycles. The molecule has 4 nitrogen and oxygen atoms in total. The number of carbonyl (C=O) groups excluding carboxylic acids is 2. The number of hydrogen-bond acceptors (Lipinski definition) is 2. The van der Waals surface area contributed by atoms with Crippen molar-refractivity contribution in [3.05, 3.63) is 60.2 Å². The van der Waals surface area contributed by atoms with E-state index in [1.165, 1.54) is 0 Å². The van der Waals surface area contributed by atoms with Crippen LogP contribution in [-0.4, -0.2) is 11.8 Å². The Hall–Kier alpha value is -2.62.